The molecule has 1 N–H and O–H groups in total. The van der Waals surface area contributed by atoms with Gasteiger partial charge in [0, 0.05) is 6.20 Å². The summed E-state index contributed by atoms with van der Waals surface area (Å²) in [4.78, 5) is 24.5. The molecule has 1 atom stereocenters. The topological polar surface area (TPSA) is 117 Å². The van der Waals surface area contributed by atoms with Gasteiger partial charge in [-0.1, -0.05) is 11.8 Å². The molecule has 0 aliphatic rings. The number of nitrogens with zero attached hydrogens (tertiary/aromatic N) is 3. The molecule has 17 heavy (non-hydrogen) atoms. The predicted molar refractivity (Wildman–Crippen MR) is 58.6 cm³/mol. The van der Waals surface area contributed by atoms with Gasteiger partial charge in [0.2, 0.25) is 0 Å². The second kappa shape index (κ2) is 5.27. The molecule has 1 aromatic heterocycles. The zero-order valence-corrected chi connectivity index (χ0v) is 9.47. The third-order valence-corrected chi connectivity index (χ3v) is 2.91. The van der Waals surface area contributed by atoms with Crippen LogP contribution in [0.15, 0.2) is 17.3 Å². The van der Waals surface area contributed by atoms with Crippen molar-refractivity contribution in [1.29, 1.82) is 5.26 Å². The number of nitriles is 1. The summed E-state index contributed by atoms with van der Waals surface area (Å²) in [6.07, 6.45) is 1.24. The molecule has 0 amide bonds. The molecule has 7 nitrogen and oxygen atoms in total. The number of thioether (sulfide) groups is 1. The SMILES string of the molecule is CC(Sc1nccc(C#N)c1[N+](=O)[O-])C(=O)O. The molecular formula is C9H7N3O4S. The summed E-state index contributed by atoms with van der Waals surface area (Å²) in [6, 6.07) is 2.89. The predicted octanol–water partition coefficient (Wildman–Crippen LogP) is 1.43. The molecule has 1 unspecified atom stereocenters. The van der Waals surface area contributed by atoms with E-state index in [1.165, 1.54) is 19.2 Å². The Balaban J connectivity index is 3.20. The van der Waals surface area contributed by atoms with Gasteiger partial charge in [0.25, 0.3) is 0 Å². The van der Waals surface area contributed by atoms with Crippen molar-refractivity contribution in [3.63, 3.8) is 0 Å². The van der Waals surface area contributed by atoms with Crippen LogP contribution in [0.4, 0.5) is 5.69 Å². The Labute approximate surface area is 100 Å². The Morgan fingerprint density at radius 1 is 1.76 bits per heavy atom. The van der Waals surface area contributed by atoms with E-state index in [1.54, 1.807) is 6.07 Å². The van der Waals surface area contributed by atoms with Gasteiger partial charge in [-0.2, -0.15) is 5.26 Å². The van der Waals surface area contributed by atoms with Gasteiger partial charge in [-0.25, -0.2) is 4.98 Å². The smallest absolute Gasteiger partial charge is 0.319 e. The molecule has 0 aliphatic carbocycles. The number of aromatic nitrogens is 1. The van der Waals surface area contributed by atoms with E-state index in [2.05, 4.69) is 4.98 Å². The van der Waals surface area contributed by atoms with Crippen molar-refractivity contribution < 1.29 is 14.8 Å². The molecule has 88 valence electrons. The molecule has 0 saturated heterocycles. The Morgan fingerprint density at radius 2 is 2.41 bits per heavy atom. The molecule has 0 radical (unpaired) electrons. The average molecular weight is 253 g/mol. The number of hydrogen-bond donors (Lipinski definition) is 1. The van der Waals surface area contributed by atoms with Gasteiger partial charge in [0.05, 0.1) is 4.92 Å². The van der Waals surface area contributed by atoms with Gasteiger partial charge in [-0.3, -0.25) is 14.9 Å². The van der Waals surface area contributed by atoms with E-state index in [1.807, 2.05) is 0 Å². The molecule has 1 aromatic rings. The van der Waals surface area contributed by atoms with E-state index in [4.69, 9.17) is 10.4 Å². The van der Waals surface area contributed by atoms with Gasteiger partial charge >= 0.3 is 11.7 Å². The van der Waals surface area contributed by atoms with Crippen molar-refractivity contribution in [2.45, 2.75) is 17.2 Å². The Morgan fingerprint density at radius 3 is 2.88 bits per heavy atom. The van der Waals surface area contributed by atoms with E-state index in [0.717, 1.165) is 11.8 Å². The zero-order chi connectivity index (χ0) is 13.0. The number of pyridine rings is 1. The maximum atomic E-state index is 10.8. The molecular weight excluding hydrogens is 246 g/mol. The van der Waals surface area contributed by atoms with E-state index >= 15 is 0 Å². The van der Waals surface area contributed by atoms with Crippen LogP contribution in [0.5, 0.6) is 0 Å². The maximum absolute atomic E-state index is 10.8. The number of carboxylic acid groups (broad SMARTS) is 1. The first-order valence-electron chi connectivity index (χ1n) is 4.40. The highest BCUT2D eigenvalue weighted by atomic mass is 32.2. The molecule has 0 saturated carbocycles. The lowest BCUT2D eigenvalue weighted by Gasteiger charge is -2.05. The van der Waals surface area contributed by atoms with Crippen LogP contribution in [0, 0.1) is 21.4 Å². The fraction of sp³-hybridized carbons (Fsp3) is 0.222. The van der Waals surface area contributed by atoms with Crippen LogP contribution in [0.3, 0.4) is 0 Å². The van der Waals surface area contributed by atoms with Gasteiger partial charge in [0.1, 0.15) is 16.9 Å². The van der Waals surface area contributed by atoms with Crippen molar-refractivity contribution in [2.75, 3.05) is 0 Å². The average Bonchev–Trinajstić information content (AvgIpc) is 2.27. The van der Waals surface area contributed by atoms with Gasteiger partial charge in [-0.15, -0.1) is 0 Å². The number of carbonyl (C=O) groups is 1. The highest BCUT2D eigenvalue weighted by molar-refractivity contribution is 8.00. The van der Waals surface area contributed by atoms with Gasteiger partial charge in [-0.05, 0) is 13.0 Å². The molecule has 1 heterocycles. The standard InChI is InChI=1S/C9H7N3O4S/c1-5(9(13)14)17-8-7(12(15)16)6(4-10)2-3-11-8/h2-3,5H,1H3,(H,13,14). The fourth-order valence-electron chi connectivity index (χ4n) is 1.01. The van der Waals surface area contributed by atoms with Crippen LogP contribution in [-0.4, -0.2) is 26.2 Å². The van der Waals surface area contributed by atoms with Crippen LogP contribution in [0.1, 0.15) is 12.5 Å². The number of aliphatic carboxylic acids is 1. The van der Waals surface area contributed by atoms with Crippen LogP contribution < -0.4 is 0 Å². The van der Waals surface area contributed by atoms with Crippen molar-refractivity contribution in [1.82, 2.24) is 4.98 Å². The Bertz CT molecular complexity index is 511. The minimum absolute atomic E-state index is 0.0658. The first kappa shape index (κ1) is 12.9. The Kier molecular flexibility index (Phi) is 4.01. The molecule has 1 rings (SSSR count). The zero-order valence-electron chi connectivity index (χ0n) is 8.65. The van der Waals surface area contributed by atoms with E-state index in [9.17, 15) is 14.9 Å². The van der Waals surface area contributed by atoms with Crippen molar-refractivity contribution in [3.8, 4) is 6.07 Å². The normalized spacial score (nSPS) is 11.5. The minimum Gasteiger partial charge on any atom is -0.480 e. The summed E-state index contributed by atoms with van der Waals surface area (Å²) in [6.45, 7) is 1.39. The first-order valence-corrected chi connectivity index (χ1v) is 5.28. The fourth-order valence-corrected chi connectivity index (χ4v) is 1.86. The van der Waals surface area contributed by atoms with Crippen LogP contribution in [0.25, 0.3) is 0 Å². The van der Waals surface area contributed by atoms with Crippen LogP contribution in [-0.2, 0) is 4.79 Å². The summed E-state index contributed by atoms with van der Waals surface area (Å²) < 4.78 is 0. The lowest BCUT2D eigenvalue weighted by Crippen LogP contribution is -2.12. The van der Waals surface area contributed by atoms with Crippen molar-refractivity contribution >= 4 is 23.4 Å². The third-order valence-electron chi connectivity index (χ3n) is 1.83. The summed E-state index contributed by atoms with van der Waals surface area (Å²) in [5.74, 6) is -1.10. The first-order chi connectivity index (χ1) is 7.97. The molecule has 8 heteroatoms. The number of hydrogen-bond acceptors (Lipinski definition) is 6. The lowest BCUT2D eigenvalue weighted by atomic mass is 10.2. The van der Waals surface area contributed by atoms with E-state index in [-0.39, 0.29) is 10.6 Å². The van der Waals surface area contributed by atoms with E-state index in [0.29, 0.717) is 0 Å². The van der Waals surface area contributed by atoms with Crippen molar-refractivity contribution in [2.24, 2.45) is 0 Å². The highest BCUT2D eigenvalue weighted by Gasteiger charge is 2.25. The van der Waals surface area contributed by atoms with Crippen LogP contribution >= 0.6 is 11.8 Å². The summed E-state index contributed by atoms with van der Waals surface area (Å²) in [5, 5.41) is 27.3. The minimum atomic E-state index is -1.10. The summed E-state index contributed by atoms with van der Waals surface area (Å²) in [7, 11) is 0. The number of carboxylic acids is 1. The molecule has 0 aromatic carbocycles. The van der Waals surface area contributed by atoms with Gasteiger partial charge in [0.15, 0.2) is 5.03 Å². The molecule has 0 aliphatic heterocycles. The maximum Gasteiger partial charge on any atom is 0.319 e. The largest absolute Gasteiger partial charge is 0.480 e. The summed E-state index contributed by atoms with van der Waals surface area (Å²) in [5.41, 5.74) is -0.585. The van der Waals surface area contributed by atoms with Crippen LogP contribution in [0.2, 0.25) is 0 Å². The third kappa shape index (κ3) is 2.92. The lowest BCUT2D eigenvalue weighted by molar-refractivity contribution is -0.388. The van der Waals surface area contributed by atoms with E-state index < -0.39 is 21.8 Å². The van der Waals surface area contributed by atoms with Crippen molar-refractivity contribution in [3.05, 3.63) is 27.9 Å². The quantitative estimate of drug-likeness (QED) is 0.489. The molecule has 0 fully saturated rings. The number of nitro groups is 1. The Hall–Kier alpha value is -2.14. The second-order valence-electron chi connectivity index (χ2n) is 2.98. The molecule has 0 spiro atoms. The number of rotatable bonds is 4. The summed E-state index contributed by atoms with van der Waals surface area (Å²) >= 11 is 0.733. The monoisotopic (exact) mass is 253 g/mol. The highest BCUT2D eigenvalue weighted by Crippen LogP contribution is 2.32. The second-order valence-corrected chi connectivity index (χ2v) is 4.31. The van der Waals surface area contributed by atoms with Gasteiger partial charge < -0.3 is 5.11 Å². The molecule has 0 bridgehead atoms.